The van der Waals surface area contributed by atoms with Gasteiger partial charge in [0.2, 0.25) is 0 Å². The zero-order chi connectivity index (χ0) is 22.3. The van der Waals surface area contributed by atoms with Crippen LogP contribution < -0.4 is 9.64 Å². The molecule has 2 saturated heterocycles. The second kappa shape index (κ2) is 11.2. The molecule has 6 nitrogen and oxygen atoms in total. The van der Waals surface area contributed by atoms with Crippen LogP contribution in [0.1, 0.15) is 18.4 Å². The fraction of sp³-hybridized carbons (Fsp3) is 0.480. The van der Waals surface area contributed by atoms with E-state index in [1.807, 2.05) is 36.4 Å². The molecule has 2 unspecified atom stereocenters. The Morgan fingerprint density at radius 1 is 1.12 bits per heavy atom. The number of likely N-dealkylation sites (tertiary alicyclic amines) is 1. The molecule has 0 radical (unpaired) electrons. The first-order chi connectivity index (χ1) is 15.6. The number of benzene rings is 2. The van der Waals surface area contributed by atoms with Gasteiger partial charge in [-0.25, -0.2) is 4.79 Å². The number of rotatable bonds is 10. The number of anilines is 1. The van der Waals surface area contributed by atoms with Crippen LogP contribution in [0.4, 0.5) is 10.5 Å². The number of nitrogens with zero attached hydrogens (tertiary/aromatic N) is 2. The zero-order valence-electron chi connectivity index (χ0n) is 18.5. The third-order valence-corrected chi connectivity index (χ3v) is 6.93. The Balaban J connectivity index is 1.23. The molecule has 2 heterocycles. The standard InChI is InChI=1S/C25H31BrN2O4/c1-30-13-14-31-22-7-8-24(26)20(16-22)15-19-9-11-27(17-19)12-10-23-18-28(25(29)32-23)21-5-3-2-4-6-21/h2-8,16,19,23H,9-15,17-18H2,1H3. The lowest BCUT2D eigenvalue weighted by atomic mass is 9.98. The van der Waals surface area contributed by atoms with E-state index < -0.39 is 0 Å². The number of hydrogen-bond donors (Lipinski definition) is 0. The van der Waals surface area contributed by atoms with Gasteiger partial charge in [0.15, 0.2) is 0 Å². The average molecular weight is 503 g/mol. The molecule has 172 valence electrons. The van der Waals surface area contributed by atoms with Crippen molar-refractivity contribution in [3.63, 3.8) is 0 Å². The van der Waals surface area contributed by atoms with Crippen molar-refractivity contribution < 1.29 is 19.0 Å². The molecule has 0 N–H and O–H groups in total. The van der Waals surface area contributed by atoms with Gasteiger partial charge in [-0.05, 0) is 67.6 Å². The highest BCUT2D eigenvalue weighted by Gasteiger charge is 2.33. The van der Waals surface area contributed by atoms with Crippen molar-refractivity contribution in [2.24, 2.45) is 5.92 Å². The predicted octanol–water partition coefficient (Wildman–Crippen LogP) is 4.75. The van der Waals surface area contributed by atoms with Crippen LogP contribution in [0.15, 0.2) is 53.0 Å². The first-order valence-corrected chi connectivity index (χ1v) is 12.1. The van der Waals surface area contributed by atoms with Crippen molar-refractivity contribution in [1.82, 2.24) is 4.90 Å². The van der Waals surface area contributed by atoms with Gasteiger partial charge in [0, 0.05) is 30.4 Å². The summed E-state index contributed by atoms with van der Waals surface area (Å²) in [5.41, 5.74) is 2.19. The molecule has 32 heavy (non-hydrogen) atoms. The number of hydrogen-bond acceptors (Lipinski definition) is 5. The number of methoxy groups -OCH3 is 1. The average Bonchev–Trinajstić information content (AvgIpc) is 3.41. The fourth-order valence-corrected chi connectivity index (χ4v) is 4.86. The van der Waals surface area contributed by atoms with Gasteiger partial charge in [0.25, 0.3) is 0 Å². The smallest absolute Gasteiger partial charge is 0.414 e. The van der Waals surface area contributed by atoms with Crippen LogP contribution in [0.25, 0.3) is 0 Å². The molecule has 4 rings (SSSR count). The SMILES string of the molecule is COCCOc1ccc(Br)c(CC2CCN(CCC3CN(c4ccccc4)C(=O)O3)C2)c1. The Morgan fingerprint density at radius 2 is 1.97 bits per heavy atom. The minimum absolute atomic E-state index is 0.0446. The van der Waals surface area contributed by atoms with E-state index in [1.165, 1.54) is 12.0 Å². The van der Waals surface area contributed by atoms with Crippen molar-refractivity contribution in [3.05, 3.63) is 58.6 Å². The van der Waals surface area contributed by atoms with E-state index >= 15 is 0 Å². The van der Waals surface area contributed by atoms with Crippen LogP contribution in [0.3, 0.4) is 0 Å². The summed E-state index contributed by atoms with van der Waals surface area (Å²) < 4.78 is 17.6. The molecule has 0 saturated carbocycles. The lowest BCUT2D eigenvalue weighted by Gasteiger charge is -2.18. The van der Waals surface area contributed by atoms with Gasteiger partial charge in [-0.1, -0.05) is 34.1 Å². The van der Waals surface area contributed by atoms with Crippen molar-refractivity contribution in [3.8, 4) is 5.75 Å². The number of ether oxygens (including phenoxy) is 3. The summed E-state index contributed by atoms with van der Waals surface area (Å²) >= 11 is 3.69. The number of amides is 1. The molecule has 2 atom stereocenters. The molecule has 7 heteroatoms. The molecule has 2 aromatic carbocycles. The van der Waals surface area contributed by atoms with Gasteiger partial charge in [-0.3, -0.25) is 4.90 Å². The van der Waals surface area contributed by atoms with Gasteiger partial charge < -0.3 is 19.1 Å². The van der Waals surface area contributed by atoms with E-state index in [2.05, 4.69) is 33.0 Å². The van der Waals surface area contributed by atoms with Crippen molar-refractivity contribution in [1.29, 1.82) is 0 Å². The quantitative estimate of drug-likeness (QED) is 0.438. The van der Waals surface area contributed by atoms with E-state index in [0.29, 0.717) is 25.7 Å². The normalized spacial score (nSPS) is 21.2. The largest absolute Gasteiger partial charge is 0.491 e. The Labute approximate surface area is 198 Å². The van der Waals surface area contributed by atoms with E-state index in [9.17, 15) is 4.79 Å². The first kappa shape index (κ1) is 23.1. The minimum atomic E-state index is -0.238. The van der Waals surface area contributed by atoms with Crippen LogP contribution in [0.5, 0.6) is 5.75 Å². The summed E-state index contributed by atoms with van der Waals surface area (Å²) in [5.74, 6) is 1.51. The molecule has 0 aromatic heterocycles. The topological polar surface area (TPSA) is 51.2 Å². The van der Waals surface area contributed by atoms with E-state index in [1.54, 1.807) is 12.0 Å². The Hall–Kier alpha value is -2.09. The maximum atomic E-state index is 12.2. The number of halogens is 1. The van der Waals surface area contributed by atoms with E-state index in [-0.39, 0.29) is 12.2 Å². The highest BCUT2D eigenvalue weighted by Crippen LogP contribution is 2.29. The first-order valence-electron chi connectivity index (χ1n) is 11.3. The zero-order valence-corrected chi connectivity index (χ0v) is 20.1. The van der Waals surface area contributed by atoms with Crippen LogP contribution in [0.2, 0.25) is 0 Å². The van der Waals surface area contributed by atoms with Crippen molar-refractivity contribution in [2.75, 3.05) is 51.4 Å². The van der Waals surface area contributed by atoms with Crippen LogP contribution >= 0.6 is 15.9 Å². The highest BCUT2D eigenvalue weighted by atomic mass is 79.9. The molecule has 0 aliphatic carbocycles. The van der Waals surface area contributed by atoms with Gasteiger partial charge >= 0.3 is 6.09 Å². The fourth-order valence-electron chi connectivity index (χ4n) is 4.45. The third kappa shape index (κ3) is 6.03. The summed E-state index contributed by atoms with van der Waals surface area (Å²) in [6, 6.07) is 15.9. The lowest BCUT2D eigenvalue weighted by molar-refractivity contribution is 0.128. The number of carbonyl (C=O) groups is 1. The molecular weight excluding hydrogens is 472 g/mol. The molecule has 2 aliphatic rings. The van der Waals surface area contributed by atoms with E-state index in [4.69, 9.17) is 14.2 Å². The van der Waals surface area contributed by atoms with Gasteiger partial charge in [0.05, 0.1) is 13.2 Å². The maximum Gasteiger partial charge on any atom is 0.414 e. The van der Waals surface area contributed by atoms with Crippen LogP contribution in [-0.2, 0) is 15.9 Å². The summed E-state index contributed by atoms with van der Waals surface area (Å²) in [7, 11) is 1.68. The Kier molecular flexibility index (Phi) is 8.05. The number of para-hydroxylation sites is 1. The summed E-state index contributed by atoms with van der Waals surface area (Å²) in [5, 5.41) is 0. The molecule has 0 bridgehead atoms. The van der Waals surface area contributed by atoms with Gasteiger partial charge in [-0.15, -0.1) is 0 Å². The maximum absolute atomic E-state index is 12.2. The molecule has 2 aromatic rings. The van der Waals surface area contributed by atoms with E-state index in [0.717, 1.165) is 48.4 Å². The predicted molar refractivity (Wildman–Crippen MR) is 128 cm³/mol. The Morgan fingerprint density at radius 3 is 2.78 bits per heavy atom. The van der Waals surface area contributed by atoms with Crippen LogP contribution in [-0.4, -0.2) is 63.6 Å². The second-order valence-corrected chi connectivity index (χ2v) is 9.35. The molecule has 2 fully saturated rings. The highest BCUT2D eigenvalue weighted by molar-refractivity contribution is 9.10. The monoisotopic (exact) mass is 502 g/mol. The van der Waals surface area contributed by atoms with Crippen LogP contribution in [0, 0.1) is 5.92 Å². The third-order valence-electron chi connectivity index (χ3n) is 6.16. The van der Waals surface area contributed by atoms with Crippen molar-refractivity contribution in [2.45, 2.75) is 25.4 Å². The number of cyclic esters (lactones) is 1. The molecule has 0 spiro atoms. The van der Waals surface area contributed by atoms with Gasteiger partial charge in [0.1, 0.15) is 18.5 Å². The number of carbonyl (C=O) groups excluding carboxylic acids is 1. The summed E-state index contributed by atoms with van der Waals surface area (Å²) in [6.07, 6.45) is 2.80. The van der Waals surface area contributed by atoms with Gasteiger partial charge in [-0.2, -0.15) is 0 Å². The Bertz CT molecular complexity index is 895. The second-order valence-electron chi connectivity index (χ2n) is 8.49. The summed E-state index contributed by atoms with van der Waals surface area (Å²) in [4.78, 5) is 16.5. The molecular formula is C25H31BrN2O4. The molecule has 1 amide bonds. The molecule has 2 aliphatic heterocycles. The summed E-state index contributed by atoms with van der Waals surface area (Å²) in [6.45, 7) is 4.89. The van der Waals surface area contributed by atoms with Crippen molar-refractivity contribution >= 4 is 27.7 Å². The lowest BCUT2D eigenvalue weighted by Crippen LogP contribution is -2.28. The minimum Gasteiger partial charge on any atom is -0.491 e.